The van der Waals surface area contributed by atoms with E-state index in [0.29, 0.717) is 22.0 Å². The first-order valence-corrected chi connectivity index (χ1v) is 4.31. The van der Waals surface area contributed by atoms with E-state index in [1.54, 1.807) is 0 Å². The molecule has 4 nitrogen and oxygen atoms in total. The Bertz CT molecular complexity index is 714. The first-order chi connectivity index (χ1) is 7.24. The normalized spacial score (nSPS) is 11.3. The number of nitrogens with zero attached hydrogens (tertiary/aromatic N) is 1. The molecule has 0 bridgehead atoms. The fraction of sp³-hybridized carbons (Fsp3) is 0. The van der Waals surface area contributed by atoms with Gasteiger partial charge in [-0.05, 0) is 12.1 Å². The molecule has 0 radical (unpaired) electrons. The van der Waals surface area contributed by atoms with Crippen molar-refractivity contribution in [2.45, 2.75) is 0 Å². The number of aromatic amines is 1. The van der Waals surface area contributed by atoms with Gasteiger partial charge in [-0.1, -0.05) is 0 Å². The first kappa shape index (κ1) is 8.16. The van der Waals surface area contributed by atoms with Crippen LogP contribution in [0.5, 0.6) is 0 Å². The number of aromatic nitrogens is 2. The van der Waals surface area contributed by atoms with Gasteiger partial charge in [0.25, 0.3) is 0 Å². The van der Waals surface area contributed by atoms with Crippen LogP contribution in [-0.4, -0.2) is 9.97 Å². The van der Waals surface area contributed by atoms with Crippen LogP contribution in [0.3, 0.4) is 0 Å². The van der Waals surface area contributed by atoms with E-state index in [9.17, 15) is 9.18 Å². The molecular formula is C10H5FN2O2. The molecule has 0 fully saturated rings. The smallest absolute Gasteiger partial charge is 0.407 e. The van der Waals surface area contributed by atoms with Crippen LogP contribution in [0.4, 0.5) is 4.39 Å². The Kier molecular flexibility index (Phi) is 1.45. The largest absolute Gasteiger partial charge is 0.417 e. The van der Waals surface area contributed by atoms with E-state index in [1.807, 2.05) is 0 Å². The number of rotatable bonds is 0. The highest BCUT2D eigenvalue weighted by Gasteiger charge is 2.07. The molecule has 0 aliphatic rings. The van der Waals surface area contributed by atoms with Crippen LogP contribution in [0.25, 0.3) is 22.0 Å². The Morgan fingerprint density at radius 2 is 2.27 bits per heavy atom. The van der Waals surface area contributed by atoms with Crippen molar-refractivity contribution < 1.29 is 8.81 Å². The van der Waals surface area contributed by atoms with Gasteiger partial charge in [0.15, 0.2) is 5.58 Å². The van der Waals surface area contributed by atoms with Crippen LogP contribution in [0.2, 0.25) is 0 Å². The summed E-state index contributed by atoms with van der Waals surface area (Å²) in [5.41, 5.74) is 1.38. The van der Waals surface area contributed by atoms with E-state index in [-0.39, 0.29) is 5.82 Å². The summed E-state index contributed by atoms with van der Waals surface area (Å²) in [6.45, 7) is 0. The molecule has 0 spiro atoms. The van der Waals surface area contributed by atoms with E-state index in [4.69, 9.17) is 4.42 Å². The average Bonchev–Trinajstić information content (AvgIpc) is 2.58. The Balaban J connectivity index is 2.59. The van der Waals surface area contributed by atoms with Gasteiger partial charge in [-0.3, -0.25) is 9.97 Å². The summed E-state index contributed by atoms with van der Waals surface area (Å²) in [5.74, 6) is -0.907. The van der Waals surface area contributed by atoms with E-state index < -0.39 is 5.76 Å². The maximum Gasteiger partial charge on any atom is 0.417 e. The summed E-state index contributed by atoms with van der Waals surface area (Å²) >= 11 is 0. The van der Waals surface area contributed by atoms with Crippen LogP contribution >= 0.6 is 0 Å². The Hall–Kier alpha value is -2.17. The van der Waals surface area contributed by atoms with Crippen molar-refractivity contribution in [2.24, 2.45) is 0 Å². The second-order valence-corrected chi connectivity index (χ2v) is 3.18. The minimum atomic E-state index is -0.538. The molecule has 15 heavy (non-hydrogen) atoms. The molecule has 0 amide bonds. The van der Waals surface area contributed by atoms with E-state index >= 15 is 0 Å². The van der Waals surface area contributed by atoms with Gasteiger partial charge in [0.2, 0.25) is 0 Å². The molecule has 5 heteroatoms. The van der Waals surface area contributed by atoms with Gasteiger partial charge < -0.3 is 4.42 Å². The predicted octanol–water partition coefficient (Wildman–Crippen LogP) is 1.81. The molecule has 74 valence electrons. The fourth-order valence-electron chi connectivity index (χ4n) is 1.57. The van der Waals surface area contributed by atoms with Crippen LogP contribution in [0, 0.1) is 5.82 Å². The van der Waals surface area contributed by atoms with Crippen molar-refractivity contribution >= 4 is 22.0 Å². The standard InChI is InChI=1S/C10H5FN2O2/c11-5-1-2-6-7(3-5)12-4-8-9(6)15-10(14)13-8/h1-4H,(H,13,14). The zero-order valence-electron chi connectivity index (χ0n) is 7.45. The summed E-state index contributed by atoms with van der Waals surface area (Å²) < 4.78 is 17.8. The lowest BCUT2D eigenvalue weighted by atomic mass is 10.2. The van der Waals surface area contributed by atoms with E-state index in [0.717, 1.165) is 0 Å². The molecule has 0 aliphatic carbocycles. The highest BCUT2D eigenvalue weighted by molar-refractivity contribution is 6.00. The summed E-state index contributed by atoms with van der Waals surface area (Å²) in [6, 6.07) is 4.13. The second kappa shape index (κ2) is 2.66. The molecular weight excluding hydrogens is 199 g/mol. The SMILES string of the molecule is O=c1[nH]c2cnc3cc(F)ccc3c2o1. The zero-order valence-corrected chi connectivity index (χ0v) is 7.45. The number of hydrogen-bond acceptors (Lipinski definition) is 3. The molecule has 0 saturated heterocycles. The number of pyridine rings is 1. The molecule has 0 unspecified atom stereocenters. The third-order valence-electron chi connectivity index (χ3n) is 2.21. The number of fused-ring (bicyclic) bond motifs is 3. The van der Waals surface area contributed by atoms with Gasteiger partial charge in [-0.15, -0.1) is 0 Å². The van der Waals surface area contributed by atoms with E-state index in [1.165, 1.54) is 24.4 Å². The van der Waals surface area contributed by atoms with E-state index in [2.05, 4.69) is 9.97 Å². The number of oxazole rings is 1. The lowest BCUT2D eigenvalue weighted by molar-refractivity contribution is 0.558. The quantitative estimate of drug-likeness (QED) is 0.607. The Morgan fingerprint density at radius 1 is 1.40 bits per heavy atom. The van der Waals surface area contributed by atoms with Crippen molar-refractivity contribution in [3.63, 3.8) is 0 Å². The third-order valence-corrected chi connectivity index (χ3v) is 2.21. The van der Waals surface area contributed by atoms with Gasteiger partial charge in [0, 0.05) is 11.5 Å². The monoisotopic (exact) mass is 204 g/mol. The molecule has 1 N–H and O–H groups in total. The third kappa shape index (κ3) is 1.13. The Labute approximate surface area is 82.4 Å². The number of benzene rings is 1. The molecule has 3 rings (SSSR count). The summed E-state index contributed by atoms with van der Waals surface area (Å²) in [6.07, 6.45) is 1.45. The Morgan fingerprint density at radius 3 is 3.13 bits per heavy atom. The predicted molar refractivity (Wildman–Crippen MR) is 52.1 cm³/mol. The summed E-state index contributed by atoms with van der Waals surface area (Å²) in [7, 11) is 0. The minimum Gasteiger partial charge on any atom is -0.407 e. The maximum atomic E-state index is 12.9. The molecule has 1 aromatic carbocycles. The van der Waals surface area contributed by atoms with Crippen molar-refractivity contribution in [3.05, 3.63) is 40.8 Å². The van der Waals surface area contributed by atoms with Gasteiger partial charge >= 0.3 is 5.76 Å². The average molecular weight is 204 g/mol. The zero-order chi connectivity index (χ0) is 10.4. The van der Waals surface area contributed by atoms with Crippen LogP contribution in [0.1, 0.15) is 0 Å². The van der Waals surface area contributed by atoms with Crippen molar-refractivity contribution in [1.29, 1.82) is 0 Å². The number of hydrogen-bond donors (Lipinski definition) is 1. The lowest BCUT2D eigenvalue weighted by Crippen LogP contribution is -1.92. The highest BCUT2D eigenvalue weighted by atomic mass is 19.1. The minimum absolute atomic E-state index is 0.368. The molecule has 2 aromatic heterocycles. The van der Waals surface area contributed by atoms with Crippen molar-refractivity contribution in [3.8, 4) is 0 Å². The fourth-order valence-corrected chi connectivity index (χ4v) is 1.57. The van der Waals surface area contributed by atoms with Crippen molar-refractivity contribution in [1.82, 2.24) is 9.97 Å². The molecule has 0 saturated carbocycles. The number of halogens is 1. The number of H-pyrrole nitrogens is 1. The van der Waals surface area contributed by atoms with Crippen LogP contribution in [-0.2, 0) is 0 Å². The van der Waals surface area contributed by atoms with Crippen LogP contribution in [0.15, 0.2) is 33.6 Å². The number of nitrogens with one attached hydrogen (secondary N) is 1. The molecule has 2 heterocycles. The second-order valence-electron chi connectivity index (χ2n) is 3.18. The summed E-state index contributed by atoms with van der Waals surface area (Å²) in [4.78, 5) is 17.5. The van der Waals surface area contributed by atoms with Gasteiger partial charge in [0.1, 0.15) is 11.3 Å². The topological polar surface area (TPSA) is 58.9 Å². The van der Waals surface area contributed by atoms with Gasteiger partial charge in [0.05, 0.1) is 11.7 Å². The molecule has 0 atom stereocenters. The molecule has 0 aliphatic heterocycles. The van der Waals surface area contributed by atoms with Gasteiger partial charge in [-0.25, -0.2) is 9.18 Å². The van der Waals surface area contributed by atoms with Crippen molar-refractivity contribution in [2.75, 3.05) is 0 Å². The van der Waals surface area contributed by atoms with Crippen LogP contribution < -0.4 is 5.76 Å². The first-order valence-electron chi connectivity index (χ1n) is 4.31. The van der Waals surface area contributed by atoms with Gasteiger partial charge in [-0.2, -0.15) is 0 Å². The molecule has 3 aromatic rings. The highest BCUT2D eigenvalue weighted by Crippen LogP contribution is 2.21. The lowest BCUT2D eigenvalue weighted by Gasteiger charge is -1.96. The summed E-state index contributed by atoms with van der Waals surface area (Å²) in [5, 5.41) is 0.618. The maximum absolute atomic E-state index is 12.9.